The van der Waals surface area contributed by atoms with Crippen LogP contribution in [0.3, 0.4) is 0 Å². The number of nitrogens with one attached hydrogen (secondary N) is 2. The van der Waals surface area contributed by atoms with Gasteiger partial charge in [0, 0.05) is 37.8 Å². The molecule has 1 aliphatic heterocycles. The summed E-state index contributed by atoms with van der Waals surface area (Å²) in [6, 6.07) is 8.55. The van der Waals surface area contributed by atoms with E-state index >= 15 is 0 Å². The summed E-state index contributed by atoms with van der Waals surface area (Å²) in [5.74, 6) is 1.73. The van der Waals surface area contributed by atoms with E-state index in [0.29, 0.717) is 12.6 Å². The van der Waals surface area contributed by atoms with Gasteiger partial charge in [0.1, 0.15) is 11.4 Å². The second-order valence-electron chi connectivity index (χ2n) is 7.90. The topological polar surface area (TPSA) is 58.1 Å². The molecule has 0 aromatic heterocycles. The van der Waals surface area contributed by atoms with Crippen molar-refractivity contribution in [2.45, 2.75) is 52.8 Å². The van der Waals surface area contributed by atoms with E-state index in [2.05, 4.69) is 56.2 Å². The molecule has 0 saturated carbocycles. The van der Waals surface area contributed by atoms with E-state index in [1.54, 1.807) is 0 Å². The van der Waals surface area contributed by atoms with Gasteiger partial charge in [-0.2, -0.15) is 0 Å². The first-order chi connectivity index (χ1) is 12.9. The molecule has 1 atom stereocenters. The third-order valence-electron chi connectivity index (χ3n) is 4.37. The lowest BCUT2D eigenvalue weighted by molar-refractivity contribution is 0.0211. The van der Waals surface area contributed by atoms with E-state index in [1.807, 2.05) is 18.2 Å². The number of nitrogens with zero attached hydrogens (tertiary/aromatic N) is 2. The van der Waals surface area contributed by atoms with Crippen LogP contribution in [-0.4, -0.2) is 61.9 Å². The molecule has 1 fully saturated rings. The Balaban J connectivity index is 0.00000392. The summed E-state index contributed by atoms with van der Waals surface area (Å²) in [5, 5.41) is 6.81. The fourth-order valence-electron chi connectivity index (χ4n) is 2.96. The zero-order valence-electron chi connectivity index (χ0n) is 18.0. The van der Waals surface area contributed by atoms with Gasteiger partial charge < -0.3 is 20.1 Å². The van der Waals surface area contributed by atoms with Crippen molar-refractivity contribution >= 4 is 29.9 Å². The lowest BCUT2D eigenvalue weighted by Crippen LogP contribution is -2.49. The monoisotopic (exact) mass is 504 g/mol. The van der Waals surface area contributed by atoms with Crippen LogP contribution in [0.25, 0.3) is 0 Å². The van der Waals surface area contributed by atoms with Gasteiger partial charge in [0.05, 0.1) is 19.8 Å². The highest BCUT2D eigenvalue weighted by molar-refractivity contribution is 14.0. The van der Waals surface area contributed by atoms with E-state index in [-0.39, 0.29) is 29.6 Å². The fraction of sp³-hybridized carbons (Fsp3) is 0.667. The van der Waals surface area contributed by atoms with Gasteiger partial charge in [0.25, 0.3) is 0 Å². The summed E-state index contributed by atoms with van der Waals surface area (Å²) < 4.78 is 11.5. The zero-order valence-corrected chi connectivity index (χ0v) is 20.3. The van der Waals surface area contributed by atoms with Crippen LogP contribution in [-0.2, 0) is 11.3 Å². The maximum atomic E-state index is 6.07. The number of aliphatic imine (C=N–C) groups is 1. The number of hydrogen-bond donors (Lipinski definition) is 2. The molecule has 1 aromatic rings. The Morgan fingerprint density at radius 2 is 1.89 bits per heavy atom. The normalized spacial score (nSPS) is 16.8. The average Bonchev–Trinajstić information content (AvgIpc) is 2.64. The number of ether oxygens (including phenoxy) is 2. The number of para-hydroxylation sites is 1. The first-order valence-electron chi connectivity index (χ1n) is 10.00. The van der Waals surface area contributed by atoms with E-state index in [0.717, 1.165) is 56.7 Å². The summed E-state index contributed by atoms with van der Waals surface area (Å²) >= 11 is 0. The predicted octanol–water partition coefficient (Wildman–Crippen LogP) is 3.26. The number of morpholine rings is 1. The number of benzene rings is 1. The highest BCUT2D eigenvalue weighted by atomic mass is 127. The van der Waals surface area contributed by atoms with E-state index in [9.17, 15) is 0 Å². The van der Waals surface area contributed by atoms with E-state index in [1.165, 1.54) is 0 Å². The van der Waals surface area contributed by atoms with Crippen molar-refractivity contribution in [3.05, 3.63) is 29.8 Å². The summed E-state index contributed by atoms with van der Waals surface area (Å²) in [6.07, 6.45) is 0. The largest absolute Gasteiger partial charge is 0.488 e. The Hall–Kier alpha value is -1.06. The van der Waals surface area contributed by atoms with Crippen molar-refractivity contribution in [3.8, 4) is 5.75 Å². The number of guanidine groups is 1. The molecule has 2 rings (SSSR count). The van der Waals surface area contributed by atoms with Crippen LogP contribution in [0.5, 0.6) is 5.75 Å². The molecule has 28 heavy (non-hydrogen) atoms. The van der Waals surface area contributed by atoms with Gasteiger partial charge in [-0.15, -0.1) is 24.0 Å². The number of rotatable bonds is 7. The van der Waals surface area contributed by atoms with Crippen molar-refractivity contribution in [2.24, 2.45) is 4.99 Å². The molecule has 160 valence electrons. The molecule has 7 heteroatoms. The Morgan fingerprint density at radius 3 is 2.54 bits per heavy atom. The van der Waals surface area contributed by atoms with Crippen LogP contribution in [0.1, 0.15) is 40.2 Å². The van der Waals surface area contributed by atoms with Crippen molar-refractivity contribution in [2.75, 3.05) is 39.4 Å². The summed E-state index contributed by atoms with van der Waals surface area (Å²) in [5.41, 5.74) is 0.863. The molecular weight excluding hydrogens is 467 g/mol. The molecule has 0 bridgehead atoms. The molecule has 1 heterocycles. The Kier molecular flexibility index (Phi) is 11.1. The van der Waals surface area contributed by atoms with Crippen LogP contribution in [0.15, 0.2) is 29.3 Å². The minimum atomic E-state index is -0.226. The van der Waals surface area contributed by atoms with Crippen molar-refractivity contribution in [1.29, 1.82) is 0 Å². The Bertz CT molecular complexity index is 598. The summed E-state index contributed by atoms with van der Waals surface area (Å²) in [6.45, 7) is 16.4. The lowest BCUT2D eigenvalue weighted by atomic mass is 10.1. The molecule has 1 saturated heterocycles. The number of halogens is 1. The second kappa shape index (κ2) is 12.5. The van der Waals surface area contributed by atoms with Crippen LogP contribution in [0.2, 0.25) is 0 Å². The van der Waals surface area contributed by atoms with Crippen LogP contribution < -0.4 is 15.4 Å². The molecule has 2 N–H and O–H groups in total. The first-order valence-corrected chi connectivity index (χ1v) is 10.00. The molecule has 1 aromatic carbocycles. The molecule has 0 amide bonds. The van der Waals surface area contributed by atoms with E-state index < -0.39 is 0 Å². The molecular formula is C21H37IN4O2. The molecule has 6 nitrogen and oxygen atoms in total. The summed E-state index contributed by atoms with van der Waals surface area (Å²) in [7, 11) is 0. The molecule has 0 radical (unpaired) electrons. The fourth-order valence-corrected chi connectivity index (χ4v) is 2.96. The minimum Gasteiger partial charge on any atom is -0.488 e. The predicted molar refractivity (Wildman–Crippen MR) is 127 cm³/mol. The van der Waals surface area contributed by atoms with Crippen molar-refractivity contribution < 1.29 is 9.47 Å². The van der Waals surface area contributed by atoms with Gasteiger partial charge in [-0.3, -0.25) is 4.90 Å². The lowest BCUT2D eigenvalue weighted by Gasteiger charge is -2.32. The quantitative estimate of drug-likeness (QED) is 0.339. The molecule has 0 spiro atoms. The molecule has 1 unspecified atom stereocenters. The zero-order chi connectivity index (χ0) is 19.7. The summed E-state index contributed by atoms with van der Waals surface area (Å²) in [4.78, 5) is 7.21. The van der Waals surface area contributed by atoms with Gasteiger partial charge in [0.2, 0.25) is 0 Å². The Morgan fingerprint density at radius 1 is 1.21 bits per heavy atom. The van der Waals surface area contributed by atoms with Crippen molar-refractivity contribution in [3.63, 3.8) is 0 Å². The third-order valence-corrected chi connectivity index (χ3v) is 4.37. The molecule has 0 aliphatic carbocycles. The highest BCUT2D eigenvalue weighted by Gasteiger charge is 2.17. The van der Waals surface area contributed by atoms with Crippen LogP contribution in [0, 0.1) is 0 Å². The maximum Gasteiger partial charge on any atom is 0.191 e. The highest BCUT2D eigenvalue weighted by Crippen LogP contribution is 2.23. The van der Waals surface area contributed by atoms with Gasteiger partial charge in [-0.05, 0) is 40.7 Å². The van der Waals surface area contributed by atoms with Gasteiger partial charge in [-0.25, -0.2) is 4.99 Å². The Labute approximate surface area is 187 Å². The third kappa shape index (κ3) is 8.96. The first kappa shape index (κ1) is 25.0. The SMILES string of the molecule is CCNC(=NCc1ccccc1OC(C)(C)C)NCC(C)N1CCOCC1.I. The number of hydrogen-bond acceptors (Lipinski definition) is 4. The minimum absolute atomic E-state index is 0. The van der Waals surface area contributed by atoms with Crippen molar-refractivity contribution in [1.82, 2.24) is 15.5 Å². The average molecular weight is 504 g/mol. The molecule has 1 aliphatic rings. The van der Waals surface area contributed by atoms with Crippen LogP contribution >= 0.6 is 24.0 Å². The van der Waals surface area contributed by atoms with Gasteiger partial charge in [0.15, 0.2) is 5.96 Å². The standard InChI is InChI=1S/C21H36N4O2.HI/c1-6-22-20(23-15-17(2)25-11-13-26-14-12-25)24-16-18-9-7-8-10-19(18)27-21(3,4)5;/h7-10,17H,6,11-16H2,1-5H3,(H2,22,23,24);1H. The van der Waals surface area contributed by atoms with Crippen LogP contribution in [0.4, 0.5) is 0 Å². The van der Waals surface area contributed by atoms with E-state index in [4.69, 9.17) is 14.5 Å². The second-order valence-corrected chi connectivity index (χ2v) is 7.90. The van der Waals surface area contributed by atoms with Gasteiger partial charge in [-0.1, -0.05) is 18.2 Å². The van der Waals surface area contributed by atoms with Gasteiger partial charge >= 0.3 is 0 Å². The smallest absolute Gasteiger partial charge is 0.191 e. The maximum absolute atomic E-state index is 6.07.